The van der Waals surface area contributed by atoms with E-state index in [1.54, 1.807) is 32.7 Å². The average Bonchev–Trinajstić information content (AvgIpc) is 2.51. The highest BCUT2D eigenvalue weighted by Gasteiger charge is 2.52. The summed E-state index contributed by atoms with van der Waals surface area (Å²) in [7, 11) is 1.69. The molecule has 0 bridgehead atoms. The molecular formula is C15H28N2O4. The van der Waals surface area contributed by atoms with Crippen LogP contribution >= 0.6 is 0 Å². The number of nitrogens with zero attached hydrogens (tertiary/aromatic N) is 2. The molecule has 0 aromatic heterocycles. The van der Waals surface area contributed by atoms with E-state index in [0.29, 0.717) is 0 Å². The number of carbonyl (C=O) groups is 2. The van der Waals surface area contributed by atoms with Crippen LogP contribution in [0.1, 0.15) is 48.0 Å². The Balaban J connectivity index is 3.17. The van der Waals surface area contributed by atoms with Gasteiger partial charge in [0.25, 0.3) is 0 Å². The van der Waals surface area contributed by atoms with Crippen molar-refractivity contribution in [1.29, 1.82) is 0 Å². The van der Waals surface area contributed by atoms with Crippen molar-refractivity contribution in [3.63, 3.8) is 0 Å². The van der Waals surface area contributed by atoms with E-state index >= 15 is 0 Å². The minimum Gasteiger partial charge on any atom is -0.444 e. The first-order valence-electron chi connectivity index (χ1n) is 7.29. The van der Waals surface area contributed by atoms with Gasteiger partial charge in [0.15, 0.2) is 0 Å². The first kappa shape index (κ1) is 17.8. The van der Waals surface area contributed by atoms with Gasteiger partial charge in [-0.2, -0.15) is 0 Å². The van der Waals surface area contributed by atoms with E-state index in [1.165, 1.54) is 4.90 Å². The number of hydrogen-bond acceptors (Lipinski definition) is 4. The third kappa shape index (κ3) is 3.87. The van der Waals surface area contributed by atoms with Gasteiger partial charge in [0.1, 0.15) is 17.8 Å². The molecule has 1 saturated heterocycles. The Kier molecular flexibility index (Phi) is 4.93. The van der Waals surface area contributed by atoms with Crippen molar-refractivity contribution in [3.8, 4) is 0 Å². The van der Waals surface area contributed by atoms with E-state index in [1.807, 2.05) is 20.8 Å². The molecule has 2 amide bonds. The third-order valence-corrected chi connectivity index (χ3v) is 3.38. The molecule has 0 saturated carbocycles. The quantitative estimate of drug-likeness (QED) is 0.844. The van der Waals surface area contributed by atoms with Crippen molar-refractivity contribution in [1.82, 2.24) is 9.80 Å². The van der Waals surface area contributed by atoms with E-state index in [9.17, 15) is 14.7 Å². The molecule has 0 aromatic carbocycles. The molecule has 0 unspecified atom stereocenters. The van der Waals surface area contributed by atoms with Crippen LogP contribution in [0.4, 0.5) is 4.79 Å². The first-order chi connectivity index (χ1) is 9.40. The van der Waals surface area contributed by atoms with Crippen LogP contribution in [-0.4, -0.2) is 58.4 Å². The molecule has 1 aliphatic rings. The molecular weight excluding hydrogens is 272 g/mol. The second-order valence-electron chi connectivity index (χ2n) is 7.60. The van der Waals surface area contributed by atoms with Crippen molar-refractivity contribution in [2.45, 2.75) is 65.8 Å². The smallest absolute Gasteiger partial charge is 0.412 e. The Hall–Kier alpha value is -1.30. The highest BCUT2D eigenvalue weighted by Crippen LogP contribution is 2.35. The molecule has 0 aliphatic carbocycles. The van der Waals surface area contributed by atoms with Gasteiger partial charge in [-0.3, -0.25) is 9.69 Å². The molecule has 1 aliphatic heterocycles. The number of amides is 2. The van der Waals surface area contributed by atoms with Gasteiger partial charge in [-0.1, -0.05) is 20.8 Å². The largest absolute Gasteiger partial charge is 0.444 e. The van der Waals surface area contributed by atoms with Crippen LogP contribution in [0.2, 0.25) is 0 Å². The summed E-state index contributed by atoms with van der Waals surface area (Å²) in [4.78, 5) is 28.0. The number of aliphatic hydroxyl groups excluding tert-OH is 1. The van der Waals surface area contributed by atoms with Crippen LogP contribution in [0, 0.1) is 5.41 Å². The van der Waals surface area contributed by atoms with Crippen LogP contribution in [0.3, 0.4) is 0 Å². The van der Waals surface area contributed by atoms with E-state index in [4.69, 9.17) is 4.74 Å². The predicted octanol–water partition coefficient (Wildman–Crippen LogP) is 1.82. The molecule has 21 heavy (non-hydrogen) atoms. The van der Waals surface area contributed by atoms with Gasteiger partial charge in [0.2, 0.25) is 5.91 Å². The fourth-order valence-electron chi connectivity index (χ4n) is 2.76. The van der Waals surface area contributed by atoms with E-state index < -0.39 is 23.9 Å². The number of rotatable bonds is 2. The third-order valence-electron chi connectivity index (χ3n) is 3.38. The van der Waals surface area contributed by atoms with Crippen molar-refractivity contribution in [3.05, 3.63) is 0 Å². The fraction of sp³-hybridized carbons (Fsp3) is 0.867. The van der Waals surface area contributed by atoms with Crippen LogP contribution in [-0.2, 0) is 9.53 Å². The molecule has 0 spiro atoms. The Bertz CT molecular complexity index is 409. The number of aliphatic hydroxyl groups is 1. The summed E-state index contributed by atoms with van der Waals surface area (Å²) in [5.41, 5.74) is -0.945. The standard InChI is InChI=1S/C15H28N2O4/c1-14(2,3)12-16(7)11(19)10(8-9-18)17(12)13(20)21-15(4,5)6/h10,12,18H,8-9H2,1-7H3/t10-,12-/m0/s1. The summed E-state index contributed by atoms with van der Waals surface area (Å²) in [6, 6.07) is -0.668. The lowest BCUT2D eigenvalue weighted by molar-refractivity contribution is -0.130. The van der Waals surface area contributed by atoms with Gasteiger partial charge in [0.05, 0.1) is 0 Å². The summed E-state index contributed by atoms with van der Waals surface area (Å²) in [6.45, 7) is 11.1. The maximum Gasteiger partial charge on any atom is 0.412 e. The van der Waals surface area contributed by atoms with Crippen molar-refractivity contribution in [2.24, 2.45) is 5.41 Å². The molecule has 6 heteroatoms. The number of hydrogen-bond donors (Lipinski definition) is 1. The van der Waals surface area contributed by atoms with Crippen LogP contribution in [0.25, 0.3) is 0 Å². The minimum atomic E-state index is -0.668. The highest BCUT2D eigenvalue weighted by molar-refractivity contribution is 5.89. The van der Waals surface area contributed by atoms with Gasteiger partial charge in [-0.05, 0) is 20.8 Å². The van der Waals surface area contributed by atoms with Gasteiger partial charge >= 0.3 is 6.09 Å². The van der Waals surface area contributed by atoms with Crippen LogP contribution in [0.5, 0.6) is 0 Å². The van der Waals surface area contributed by atoms with Gasteiger partial charge < -0.3 is 14.7 Å². The monoisotopic (exact) mass is 300 g/mol. The summed E-state index contributed by atoms with van der Waals surface area (Å²) < 4.78 is 5.45. The zero-order chi connectivity index (χ0) is 16.6. The highest BCUT2D eigenvalue weighted by atomic mass is 16.6. The number of ether oxygens (including phenoxy) is 1. The van der Waals surface area contributed by atoms with Crippen LogP contribution < -0.4 is 0 Å². The summed E-state index contributed by atoms with van der Waals surface area (Å²) in [5.74, 6) is -0.158. The Morgan fingerprint density at radius 2 is 1.76 bits per heavy atom. The summed E-state index contributed by atoms with van der Waals surface area (Å²) >= 11 is 0. The van der Waals surface area contributed by atoms with E-state index in [-0.39, 0.29) is 24.3 Å². The molecule has 1 heterocycles. The van der Waals surface area contributed by atoms with Gasteiger partial charge in [0, 0.05) is 25.5 Å². The second-order valence-corrected chi connectivity index (χ2v) is 7.60. The van der Waals surface area contributed by atoms with Crippen molar-refractivity contribution < 1.29 is 19.4 Å². The molecule has 2 atom stereocenters. The summed E-state index contributed by atoms with van der Waals surface area (Å²) in [6.07, 6.45) is -0.690. The normalized spacial score (nSPS) is 23.7. The van der Waals surface area contributed by atoms with Crippen molar-refractivity contribution in [2.75, 3.05) is 13.7 Å². The van der Waals surface area contributed by atoms with Crippen LogP contribution in [0.15, 0.2) is 0 Å². The first-order valence-corrected chi connectivity index (χ1v) is 7.29. The number of likely N-dealkylation sites (N-methyl/N-ethyl adjacent to an activating group) is 1. The second kappa shape index (κ2) is 5.83. The maximum atomic E-state index is 12.5. The lowest BCUT2D eigenvalue weighted by Crippen LogP contribution is -2.52. The average molecular weight is 300 g/mol. The number of carbonyl (C=O) groups excluding carboxylic acids is 2. The Labute approximate surface area is 127 Å². The minimum absolute atomic E-state index is 0.152. The topological polar surface area (TPSA) is 70.1 Å². The van der Waals surface area contributed by atoms with E-state index in [2.05, 4.69) is 0 Å². The fourth-order valence-corrected chi connectivity index (χ4v) is 2.76. The predicted molar refractivity (Wildman–Crippen MR) is 79.6 cm³/mol. The molecule has 0 aromatic rings. The SMILES string of the molecule is CN1C(=O)[C@H](CCO)N(C(=O)OC(C)(C)C)[C@H]1C(C)(C)C. The molecule has 122 valence electrons. The Morgan fingerprint density at radius 3 is 2.14 bits per heavy atom. The molecule has 1 rings (SSSR count). The maximum absolute atomic E-state index is 12.5. The Morgan fingerprint density at radius 1 is 1.24 bits per heavy atom. The molecule has 6 nitrogen and oxygen atoms in total. The molecule has 0 radical (unpaired) electrons. The lowest BCUT2D eigenvalue weighted by atomic mass is 9.91. The lowest BCUT2D eigenvalue weighted by Gasteiger charge is -2.39. The zero-order valence-corrected chi connectivity index (χ0v) is 14.1. The molecule has 1 fully saturated rings. The zero-order valence-electron chi connectivity index (χ0n) is 14.1. The van der Waals surface area contributed by atoms with E-state index in [0.717, 1.165) is 0 Å². The summed E-state index contributed by atoms with van der Waals surface area (Å²) in [5, 5.41) is 9.20. The van der Waals surface area contributed by atoms with Gasteiger partial charge in [-0.25, -0.2) is 4.79 Å². The van der Waals surface area contributed by atoms with Crippen molar-refractivity contribution >= 4 is 12.0 Å². The molecule has 1 N–H and O–H groups in total. The van der Waals surface area contributed by atoms with Gasteiger partial charge in [-0.15, -0.1) is 0 Å².